The number of aromatic nitrogens is 2. The number of carbonyl (C=O) groups excluding carboxylic acids is 2. The van der Waals surface area contributed by atoms with E-state index in [1.54, 1.807) is 18.2 Å². The lowest BCUT2D eigenvalue weighted by Gasteiger charge is -2.51. The van der Waals surface area contributed by atoms with E-state index in [9.17, 15) is 9.59 Å². The Kier molecular flexibility index (Phi) is 9.62. The third kappa shape index (κ3) is 6.72. The maximum absolute atomic E-state index is 13.9. The van der Waals surface area contributed by atoms with E-state index in [4.69, 9.17) is 15.9 Å². The van der Waals surface area contributed by atoms with Gasteiger partial charge in [-0.25, -0.2) is 4.98 Å². The molecule has 2 atom stereocenters. The highest BCUT2D eigenvalue weighted by molar-refractivity contribution is 5.89. The minimum atomic E-state index is -0.758. The van der Waals surface area contributed by atoms with Gasteiger partial charge in [0.05, 0.1) is 38.1 Å². The number of hydrogen-bond acceptors (Lipinski definition) is 5. The van der Waals surface area contributed by atoms with Crippen molar-refractivity contribution in [1.29, 1.82) is 0 Å². The number of rotatable bonds is 13. The SMILES string of the molecule is C#CC(CC(=O)NC(Cc1ccc(OC)cc1)C(=O)N1CC(OCCCC)(c2ccccc2C)C1)c1cnc[nH]1. The van der Waals surface area contributed by atoms with Crippen LogP contribution in [0.3, 0.4) is 0 Å². The summed E-state index contributed by atoms with van der Waals surface area (Å²) in [5.74, 6) is 2.46. The third-order valence-corrected chi connectivity index (χ3v) is 7.43. The lowest BCUT2D eigenvalue weighted by atomic mass is 9.82. The summed E-state index contributed by atoms with van der Waals surface area (Å²) >= 11 is 0. The predicted octanol–water partition coefficient (Wildman–Crippen LogP) is 4.12. The van der Waals surface area contributed by atoms with Crippen LogP contribution in [0.15, 0.2) is 61.1 Å². The summed E-state index contributed by atoms with van der Waals surface area (Å²) in [7, 11) is 1.61. The predicted molar refractivity (Wildman–Crippen MR) is 154 cm³/mol. The first-order chi connectivity index (χ1) is 19.4. The fourth-order valence-corrected chi connectivity index (χ4v) is 5.13. The van der Waals surface area contributed by atoms with Crippen LogP contribution >= 0.6 is 0 Å². The summed E-state index contributed by atoms with van der Waals surface area (Å²) in [6, 6.07) is 14.9. The Morgan fingerprint density at radius 1 is 1.20 bits per heavy atom. The van der Waals surface area contributed by atoms with Crippen LogP contribution in [-0.4, -0.2) is 59.5 Å². The van der Waals surface area contributed by atoms with Crippen LogP contribution in [0.1, 0.15) is 54.5 Å². The standard InChI is InChI=1S/C32H38N4O4/c1-5-7-16-40-32(27-11-9-8-10-23(27)3)20-36(21-32)31(38)28(17-24-12-14-26(39-4)15-13-24)35-30(37)18-25(6-2)29-19-33-22-34-29/h2,8-15,19,22,25,28H,5,7,16-18,20-21H2,1,3-4H3,(H,33,34)(H,35,37). The monoisotopic (exact) mass is 542 g/mol. The quantitative estimate of drug-likeness (QED) is 0.250. The molecule has 1 aliphatic rings. The molecule has 40 heavy (non-hydrogen) atoms. The van der Waals surface area contributed by atoms with E-state index >= 15 is 0 Å². The Balaban J connectivity index is 1.52. The van der Waals surface area contributed by atoms with E-state index in [0.29, 0.717) is 31.8 Å². The second-order valence-electron chi connectivity index (χ2n) is 10.3. The van der Waals surface area contributed by atoms with Crippen molar-refractivity contribution in [2.24, 2.45) is 0 Å². The van der Waals surface area contributed by atoms with Crippen LogP contribution in [0.2, 0.25) is 0 Å². The molecule has 0 saturated carbocycles. The zero-order valence-corrected chi connectivity index (χ0v) is 23.5. The van der Waals surface area contributed by atoms with Crippen molar-refractivity contribution in [2.45, 2.75) is 57.1 Å². The number of unbranched alkanes of at least 4 members (excludes halogenated alkanes) is 1. The van der Waals surface area contributed by atoms with E-state index in [0.717, 1.165) is 35.3 Å². The Morgan fingerprint density at radius 3 is 2.58 bits per heavy atom. The number of H-pyrrole nitrogens is 1. The molecule has 1 aromatic heterocycles. The molecule has 2 heterocycles. The lowest BCUT2D eigenvalue weighted by Crippen LogP contribution is -2.66. The molecule has 2 aromatic carbocycles. The minimum absolute atomic E-state index is 0.0400. The van der Waals surface area contributed by atoms with Gasteiger partial charge in [-0.15, -0.1) is 6.42 Å². The molecule has 1 saturated heterocycles. The molecular weight excluding hydrogens is 504 g/mol. The Morgan fingerprint density at radius 2 is 1.95 bits per heavy atom. The molecule has 2 amide bonds. The molecule has 8 heteroatoms. The molecule has 0 bridgehead atoms. The van der Waals surface area contributed by atoms with Gasteiger partial charge >= 0.3 is 0 Å². The number of methoxy groups -OCH3 is 1. The summed E-state index contributed by atoms with van der Waals surface area (Å²) in [6.45, 7) is 5.68. The fraction of sp³-hybridized carbons (Fsp3) is 0.406. The Labute approximate surface area is 236 Å². The number of carbonyl (C=O) groups is 2. The van der Waals surface area contributed by atoms with E-state index in [1.165, 1.54) is 6.33 Å². The zero-order valence-electron chi connectivity index (χ0n) is 23.5. The van der Waals surface area contributed by atoms with Gasteiger partial charge in [-0.2, -0.15) is 0 Å². The molecule has 2 N–H and O–H groups in total. The number of amides is 2. The minimum Gasteiger partial charge on any atom is -0.497 e. The van der Waals surface area contributed by atoms with Gasteiger partial charge in [-0.1, -0.05) is 55.7 Å². The topological polar surface area (TPSA) is 96.6 Å². The van der Waals surface area contributed by atoms with Gasteiger partial charge in [0.15, 0.2) is 0 Å². The first-order valence-corrected chi connectivity index (χ1v) is 13.7. The van der Waals surface area contributed by atoms with Crippen molar-refractivity contribution in [3.63, 3.8) is 0 Å². The molecule has 4 rings (SSSR count). The Bertz CT molecular complexity index is 1310. The van der Waals surface area contributed by atoms with Crippen LogP contribution in [-0.2, 0) is 26.3 Å². The second kappa shape index (κ2) is 13.3. The van der Waals surface area contributed by atoms with E-state index in [1.807, 2.05) is 36.4 Å². The van der Waals surface area contributed by atoms with Crippen molar-refractivity contribution in [2.75, 3.05) is 26.8 Å². The van der Waals surface area contributed by atoms with Crippen LogP contribution in [0.25, 0.3) is 0 Å². The maximum Gasteiger partial charge on any atom is 0.245 e. The van der Waals surface area contributed by atoms with Crippen LogP contribution in [0.4, 0.5) is 0 Å². The first kappa shape index (κ1) is 28.9. The van der Waals surface area contributed by atoms with Gasteiger partial charge in [-0.05, 0) is 42.2 Å². The summed E-state index contributed by atoms with van der Waals surface area (Å²) in [6.07, 6.45) is 11.2. The second-order valence-corrected chi connectivity index (χ2v) is 10.3. The number of aromatic amines is 1. The van der Waals surface area contributed by atoms with Gasteiger partial charge in [-0.3, -0.25) is 9.59 Å². The molecule has 210 valence electrons. The van der Waals surface area contributed by atoms with E-state index < -0.39 is 17.6 Å². The van der Waals surface area contributed by atoms with Crippen LogP contribution < -0.4 is 10.1 Å². The molecule has 0 aliphatic carbocycles. The van der Waals surface area contributed by atoms with Crippen LogP contribution in [0, 0.1) is 19.3 Å². The third-order valence-electron chi connectivity index (χ3n) is 7.43. The van der Waals surface area contributed by atoms with Crippen LogP contribution in [0.5, 0.6) is 5.75 Å². The summed E-state index contributed by atoms with van der Waals surface area (Å²) in [5.41, 5.74) is 3.27. The van der Waals surface area contributed by atoms with Gasteiger partial charge in [0, 0.05) is 25.6 Å². The highest BCUT2D eigenvalue weighted by atomic mass is 16.5. The van der Waals surface area contributed by atoms with Gasteiger partial charge in [0.1, 0.15) is 17.4 Å². The van der Waals surface area contributed by atoms with Gasteiger partial charge in [0.25, 0.3) is 0 Å². The van der Waals surface area contributed by atoms with Gasteiger partial charge < -0.3 is 24.7 Å². The fourth-order valence-electron chi connectivity index (χ4n) is 5.13. The number of likely N-dealkylation sites (tertiary alicyclic amines) is 1. The van der Waals surface area contributed by atoms with E-state index in [-0.39, 0.29) is 18.2 Å². The van der Waals surface area contributed by atoms with Crippen molar-refractivity contribution in [1.82, 2.24) is 20.2 Å². The average Bonchev–Trinajstić information content (AvgIpc) is 3.48. The number of nitrogens with zero attached hydrogens (tertiary/aromatic N) is 2. The number of aryl methyl sites for hydroxylation is 1. The number of terminal acetylenes is 1. The number of ether oxygens (including phenoxy) is 2. The summed E-state index contributed by atoms with van der Waals surface area (Å²) in [5, 5.41) is 2.97. The van der Waals surface area contributed by atoms with Gasteiger partial charge in [0.2, 0.25) is 11.8 Å². The highest BCUT2D eigenvalue weighted by Gasteiger charge is 2.49. The van der Waals surface area contributed by atoms with E-state index in [2.05, 4.69) is 47.2 Å². The molecule has 0 radical (unpaired) electrons. The molecule has 1 fully saturated rings. The number of hydrogen-bond donors (Lipinski definition) is 2. The number of imidazole rings is 1. The molecule has 3 aromatic rings. The van der Waals surface area contributed by atoms with Crippen molar-refractivity contribution in [3.8, 4) is 18.1 Å². The smallest absolute Gasteiger partial charge is 0.245 e. The molecule has 1 aliphatic heterocycles. The molecular formula is C32H38N4O4. The number of benzene rings is 2. The first-order valence-electron chi connectivity index (χ1n) is 13.7. The Hall–Kier alpha value is -4.09. The van der Waals surface area contributed by atoms with Crippen molar-refractivity contribution in [3.05, 3.63) is 83.4 Å². The number of nitrogens with one attached hydrogen (secondary N) is 2. The largest absolute Gasteiger partial charge is 0.497 e. The molecule has 0 spiro atoms. The lowest BCUT2D eigenvalue weighted by molar-refractivity contribution is -0.175. The summed E-state index contributed by atoms with van der Waals surface area (Å²) < 4.78 is 11.7. The highest BCUT2D eigenvalue weighted by Crippen LogP contribution is 2.38. The molecule has 8 nitrogen and oxygen atoms in total. The molecule has 2 unspecified atom stereocenters. The normalized spacial score (nSPS) is 15.4. The van der Waals surface area contributed by atoms with Crippen molar-refractivity contribution >= 4 is 11.8 Å². The summed E-state index contributed by atoms with van der Waals surface area (Å²) in [4.78, 5) is 35.8. The maximum atomic E-state index is 13.9. The zero-order chi connectivity index (χ0) is 28.5. The average molecular weight is 543 g/mol. The van der Waals surface area contributed by atoms with Crippen molar-refractivity contribution < 1.29 is 19.1 Å².